The average molecular weight is 265 g/mol. The number of amides is 1. The first-order valence-corrected chi connectivity index (χ1v) is 6.09. The number of nitrogens with one attached hydrogen (secondary N) is 1. The molecule has 0 aliphatic carbocycles. The largest absolute Gasteiger partial charge is 0.483 e. The maximum absolute atomic E-state index is 11.5. The van der Waals surface area contributed by atoms with Crippen LogP contribution in [-0.2, 0) is 14.3 Å². The van der Waals surface area contributed by atoms with Gasteiger partial charge in [-0.3, -0.25) is 9.59 Å². The molecule has 0 bridgehead atoms. The Morgan fingerprint density at radius 3 is 2.58 bits per heavy atom. The molecule has 0 aliphatic rings. The molecule has 0 aromatic heterocycles. The van der Waals surface area contributed by atoms with E-state index in [9.17, 15) is 9.59 Å². The van der Waals surface area contributed by atoms with Gasteiger partial charge in [-0.05, 0) is 17.5 Å². The summed E-state index contributed by atoms with van der Waals surface area (Å²) in [6.45, 7) is 3.84. The number of methoxy groups -OCH3 is 1. The van der Waals surface area contributed by atoms with E-state index in [1.165, 1.54) is 7.11 Å². The number of rotatable bonds is 6. The van der Waals surface area contributed by atoms with E-state index in [2.05, 4.69) is 23.9 Å². The summed E-state index contributed by atoms with van der Waals surface area (Å²) in [6.07, 6.45) is 0. The highest BCUT2D eigenvalue weighted by atomic mass is 16.5. The number of carbonyl (C=O) groups excluding carboxylic acids is 2. The van der Waals surface area contributed by atoms with Gasteiger partial charge in [-0.25, -0.2) is 0 Å². The molecule has 104 valence electrons. The molecule has 5 nitrogen and oxygen atoms in total. The van der Waals surface area contributed by atoms with Gasteiger partial charge < -0.3 is 14.8 Å². The van der Waals surface area contributed by atoms with E-state index >= 15 is 0 Å². The van der Waals surface area contributed by atoms with E-state index in [1.807, 2.05) is 24.3 Å². The van der Waals surface area contributed by atoms with Gasteiger partial charge >= 0.3 is 5.97 Å². The van der Waals surface area contributed by atoms with Gasteiger partial charge in [0.1, 0.15) is 12.3 Å². The van der Waals surface area contributed by atoms with E-state index in [-0.39, 0.29) is 19.1 Å². The number of esters is 1. The van der Waals surface area contributed by atoms with Gasteiger partial charge in [-0.1, -0.05) is 32.0 Å². The van der Waals surface area contributed by atoms with E-state index in [0.29, 0.717) is 11.7 Å². The van der Waals surface area contributed by atoms with Crippen LogP contribution >= 0.6 is 0 Å². The normalized spacial score (nSPS) is 10.1. The van der Waals surface area contributed by atoms with Crippen molar-refractivity contribution in [3.05, 3.63) is 29.8 Å². The molecule has 0 saturated heterocycles. The van der Waals surface area contributed by atoms with Gasteiger partial charge in [0.2, 0.25) is 0 Å². The summed E-state index contributed by atoms with van der Waals surface area (Å²) >= 11 is 0. The molecule has 0 unspecified atom stereocenters. The maximum Gasteiger partial charge on any atom is 0.325 e. The third-order valence-electron chi connectivity index (χ3n) is 2.56. The molecular formula is C14H19NO4. The van der Waals surface area contributed by atoms with Crippen LogP contribution < -0.4 is 10.1 Å². The zero-order valence-electron chi connectivity index (χ0n) is 11.4. The molecule has 0 spiro atoms. The maximum atomic E-state index is 11.5. The van der Waals surface area contributed by atoms with Gasteiger partial charge in [0.25, 0.3) is 5.91 Å². The average Bonchev–Trinajstić information content (AvgIpc) is 2.42. The summed E-state index contributed by atoms with van der Waals surface area (Å²) in [7, 11) is 1.27. The fraction of sp³-hybridized carbons (Fsp3) is 0.429. The Bertz CT molecular complexity index is 443. The minimum Gasteiger partial charge on any atom is -0.483 e. The van der Waals surface area contributed by atoms with Crippen LogP contribution in [0.15, 0.2) is 24.3 Å². The first-order valence-electron chi connectivity index (χ1n) is 6.09. The lowest BCUT2D eigenvalue weighted by Crippen LogP contribution is -2.33. The van der Waals surface area contributed by atoms with Crippen LogP contribution in [0.1, 0.15) is 25.3 Å². The molecular weight excluding hydrogens is 246 g/mol. The highest BCUT2D eigenvalue weighted by molar-refractivity contribution is 5.82. The van der Waals surface area contributed by atoms with Crippen molar-refractivity contribution in [3.8, 4) is 5.75 Å². The third-order valence-corrected chi connectivity index (χ3v) is 2.56. The van der Waals surface area contributed by atoms with Crippen molar-refractivity contribution < 1.29 is 19.1 Å². The van der Waals surface area contributed by atoms with Gasteiger partial charge in [-0.15, -0.1) is 0 Å². The number of hydrogen-bond acceptors (Lipinski definition) is 4. The number of para-hydroxylation sites is 1. The molecule has 0 radical (unpaired) electrons. The molecule has 1 amide bonds. The van der Waals surface area contributed by atoms with Gasteiger partial charge in [0.05, 0.1) is 7.11 Å². The number of benzene rings is 1. The predicted octanol–water partition coefficient (Wildman–Crippen LogP) is 1.48. The molecule has 0 aliphatic heterocycles. The van der Waals surface area contributed by atoms with Gasteiger partial charge in [-0.2, -0.15) is 0 Å². The van der Waals surface area contributed by atoms with E-state index in [1.54, 1.807) is 0 Å². The third kappa shape index (κ3) is 4.99. The quantitative estimate of drug-likeness (QED) is 0.791. The van der Waals surface area contributed by atoms with Crippen molar-refractivity contribution in [2.75, 3.05) is 20.3 Å². The SMILES string of the molecule is COC(=O)CNC(=O)COc1ccccc1C(C)C. The lowest BCUT2D eigenvalue weighted by molar-refractivity contribution is -0.141. The monoisotopic (exact) mass is 265 g/mol. The van der Waals surface area contributed by atoms with Gasteiger partial charge in [0, 0.05) is 0 Å². The van der Waals surface area contributed by atoms with Crippen LogP contribution in [0, 0.1) is 0 Å². The van der Waals surface area contributed by atoms with Crippen LogP contribution in [0.25, 0.3) is 0 Å². The standard InChI is InChI=1S/C14H19NO4/c1-10(2)11-6-4-5-7-12(11)19-9-13(16)15-8-14(17)18-3/h4-7,10H,8-9H2,1-3H3,(H,15,16). The minimum atomic E-state index is -0.490. The van der Waals surface area contributed by atoms with Crippen LogP contribution in [0.3, 0.4) is 0 Å². The van der Waals surface area contributed by atoms with E-state index in [0.717, 1.165) is 5.56 Å². The summed E-state index contributed by atoms with van der Waals surface area (Å²) in [5.74, 6) is 0.153. The second-order valence-corrected chi connectivity index (χ2v) is 4.33. The summed E-state index contributed by atoms with van der Waals surface area (Å²) < 4.78 is 9.88. The number of carbonyl (C=O) groups is 2. The Hall–Kier alpha value is -2.04. The zero-order chi connectivity index (χ0) is 14.3. The molecule has 1 aromatic carbocycles. The first kappa shape index (κ1) is 15.0. The van der Waals surface area contributed by atoms with Crippen molar-refractivity contribution in [1.82, 2.24) is 5.32 Å². The Labute approximate surface area is 112 Å². The Morgan fingerprint density at radius 1 is 1.26 bits per heavy atom. The molecule has 5 heteroatoms. The molecule has 0 atom stereocenters. The summed E-state index contributed by atoms with van der Waals surface area (Å²) in [6, 6.07) is 7.57. The van der Waals surface area contributed by atoms with Gasteiger partial charge in [0.15, 0.2) is 6.61 Å². The van der Waals surface area contributed by atoms with Crippen LogP contribution in [0.2, 0.25) is 0 Å². The topological polar surface area (TPSA) is 64.6 Å². The Morgan fingerprint density at radius 2 is 1.95 bits per heavy atom. The van der Waals surface area contributed by atoms with Crippen LogP contribution in [0.4, 0.5) is 0 Å². The molecule has 1 rings (SSSR count). The molecule has 0 saturated carbocycles. The summed E-state index contributed by atoms with van der Waals surface area (Å²) in [4.78, 5) is 22.3. The van der Waals surface area contributed by atoms with Crippen LogP contribution in [0.5, 0.6) is 5.75 Å². The molecule has 0 fully saturated rings. The highest BCUT2D eigenvalue weighted by Gasteiger charge is 2.10. The Kier molecular flexibility index (Phi) is 5.85. The Balaban J connectivity index is 2.48. The first-order chi connectivity index (χ1) is 9.04. The van der Waals surface area contributed by atoms with Crippen molar-refractivity contribution in [2.24, 2.45) is 0 Å². The van der Waals surface area contributed by atoms with E-state index in [4.69, 9.17) is 4.74 Å². The summed E-state index contributed by atoms with van der Waals surface area (Å²) in [5.41, 5.74) is 1.04. The molecule has 19 heavy (non-hydrogen) atoms. The van der Waals surface area contributed by atoms with Crippen molar-refractivity contribution >= 4 is 11.9 Å². The number of ether oxygens (including phenoxy) is 2. The second-order valence-electron chi connectivity index (χ2n) is 4.33. The van der Waals surface area contributed by atoms with Crippen molar-refractivity contribution in [2.45, 2.75) is 19.8 Å². The highest BCUT2D eigenvalue weighted by Crippen LogP contribution is 2.25. The second kappa shape index (κ2) is 7.41. The smallest absolute Gasteiger partial charge is 0.325 e. The molecule has 0 heterocycles. The number of hydrogen-bond donors (Lipinski definition) is 1. The summed E-state index contributed by atoms with van der Waals surface area (Å²) in [5, 5.41) is 2.41. The van der Waals surface area contributed by atoms with Crippen LogP contribution in [-0.4, -0.2) is 32.1 Å². The molecule has 1 aromatic rings. The zero-order valence-corrected chi connectivity index (χ0v) is 11.4. The van der Waals surface area contributed by atoms with Crippen molar-refractivity contribution in [3.63, 3.8) is 0 Å². The lowest BCUT2D eigenvalue weighted by atomic mass is 10.0. The fourth-order valence-electron chi connectivity index (χ4n) is 1.53. The predicted molar refractivity (Wildman–Crippen MR) is 71.1 cm³/mol. The minimum absolute atomic E-state index is 0.124. The van der Waals surface area contributed by atoms with Crippen molar-refractivity contribution in [1.29, 1.82) is 0 Å². The fourth-order valence-corrected chi connectivity index (χ4v) is 1.53. The van der Waals surface area contributed by atoms with E-state index < -0.39 is 5.97 Å². The lowest BCUT2D eigenvalue weighted by Gasteiger charge is -2.13. The molecule has 1 N–H and O–H groups in total.